The highest BCUT2D eigenvalue weighted by Crippen LogP contribution is 2.45. The average Bonchev–Trinajstić information content (AvgIpc) is 2.89. The Morgan fingerprint density at radius 1 is 1.14 bits per heavy atom. The summed E-state index contributed by atoms with van der Waals surface area (Å²) in [6.45, 7) is 6.09. The zero-order chi connectivity index (χ0) is 15.3. The Hall–Kier alpha value is -1.22. The summed E-state index contributed by atoms with van der Waals surface area (Å²) in [6, 6.07) is 6.46. The van der Waals surface area contributed by atoms with Crippen molar-refractivity contribution in [3.63, 3.8) is 0 Å². The van der Waals surface area contributed by atoms with Crippen LogP contribution >= 0.6 is 0 Å². The minimum Gasteiger partial charge on any atom is -0.493 e. The van der Waals surface area contributed by atoms with Gasteiger partial charge in [-0.25, -0.2) is 0 Å². The first-order valence-electron chi connectivity index (χ1n) is 8.95. The molecule has 3 heteroatoms. The van der Waals surface area contributed by atoms with Crippen LogP contribution < -0.4 is 14.8 Å². The minimum atomic E-state index is 0.249. The van der Waals surface area contributed by atoms with Crippen LogP contribution in [-0.2, 0) is 5.41 Å². The van der Waals surface area contributed by atoms with Crippen LogP contribution in [0.15, 0.2) is 18.2 Å². The third-order valence-electron chi connectivity index (χ3n) is 5.11. The Balaban J connectivity index is 1.54. The monoisotopic (exact) mass is 303 g/mol. The number of nitrogens with one attached hydrogen (secondary N) is 1. The lowest BCUT2D eigenvalue weighted by Crippen LogP contribution is -2.40. The third-order valence-corrected chi connectivity index (χ3v) is 5.11. The van der Waals surface area contributed by atoms with Crippen molar-refractivity contribution >= 4 is 0 Å². The topological polar surface area (TPSA) is 30.5 Å². The number of benzene rings is 1. The van der Waals surface area contributed by atoms with E-state index in [-0.39, 0.29) is 5.41 Å². The molecule has 1 saturated heterocycles. The molecule has 3 nitrogen and oxygen atoms in total. The van der Waals surface area contributed by atoms with E-state index in [4.69, 9.17) is 9.47 Å². The van der Waals surface area contributed by atoms with Gasteiger partial charge >= 0.3 is 0 Å². The summed E-state index contributed by atoms with van der Waals surface area (Å²) in [7, 11) is 0. The van der Waals surface area contributed by atoms with Crippen molar-refractivity contribution in [3.8, 4) is 11.5 Å². The summed E-state index contributed by atoms with van der Waals surface area (Å²) in [5.74, 6) is 2.01. The maximum atomic E-state index is 5.98. The van der Waals surface area contributed by atoms with Crippen molar-refractivity contribution in [2.24, 2.45) is 0 Å². The quantitative estimate of drug-likeness (QED) is 0.771. The Morgan fingerprint density at radius 3 is 2.77 bits per heavy atom. The number of rotatable bonds is 7. The molecule has 1 spiro atoms. The van der Waals surface area contributed by atoms with Crippen molar-refractivity contribution in [2.45, 2.75) is 57.3 Å². The van der Waals surface area contributed by atoms with E-state index >= 15 is 0 Å². The highest BCUT2D eigenvalue weighted by Gasteiger charge is 2.41. The lowest BCUT2D eigenvalue weighted by molar-refractivity contribution is 0.220. The van der Waals surface area contributed by atoms with E-state index in [0.29, 0.717) is 0 Å². The SMILES string of the molecule is CCCCCCCOc1ccc2c(c1)OCC21CCNCC1. The van der Waals surface area contributed by atoms with Gasteiger partial charge in [0.2, 0.25) is 0 Å². The molecule has 22 heavy (non-hydrogen) atoms. The maximum Gasteiger partial charge on any atom is 0.126 e. The van der Waals surface area contributed by atoms with Gasteiger partial charge in [0.25, 0.3) is 0 Å². The second kappa shape index (κ2) is 7.36. The number of piperidine rings is 1. The molecule has 0 bridgehead atoms. The number of hydrogen-bond donors (Lipinski definition) is 1. The molecule has 2 heterocycles. The summed E-state index contributed by atoms with van der Waals surface area (Å²) in [6.07, 6.45) is 8.72. The first kappa shape index (κ1) is 15.7. The zero-order valence-corrected chi connectivity index (χ0v) is 13.8. The number of fused-ring (bicyclic) bond motifs is 2. The van der Waals surface area contributed by atoms with Crippen molar-refractivity contribution in [1.29, 1.82) is 0 Å². The van der Waals surface area contributed by atoms with Crippen LogP contribution in [-0.4, -0.2) is 26.3 Å². The number of unbranched alkanes of at least 4 members (excludes halogenated alkanes) is 4. The molecule has 3 rings (SSSR count). The van der Waals surface area contributed by atoms with Crippen LogP contribution in [0.3, 0.4) is 0 Å². The predicted octanol–water partition coefficient (Wildman–Crippen LogP) is 4.05. The van der Waals surface area contributed by atoms with E-state index in [0.717, 1.165) is 44.2 Å². The molecular weight excluding hydrogens is 274 g/mol. The first-order chi connectivity index (χ1) is 10.8. The van der Waals surface area contributed by atoms with Crippen molar-refractivity contribution < 1.29 is 9.47 Å². The van der Waals surface area contributed by atoms with Gasteiger partial charge in [-0.15, -0.1) is 0 Å². The van der Waals surface area contributed by atoms with Crippen molar-refractivity contribution in [3.05, 3.63) is 23.8 Å². The molecular formula is C19H29NO2. The Labute approximate surface area is 134 Å². The summed E-state index contributed by atoms with van der Waals surface area (Å²) in [5.41, 5.74) is 1.64. The van der Waals surface area contributed by atoms with Gasteiger partial charge in [0.15, 0.2) is 0 Å². The Kier molecular flexibility index (Phi) is 5.24. The molecule has 0 unspecified atom stereocenters. The average molecular weight is 303 g/mol. The van der Waals surface area contributed by atoms with E-state index in [1.165, 1.54) is 44.1 Å². The van der Waals surface area contributed by atoms with Gasteiger partial charge in [-0.2, -0.15) is 0 Å². The highest BCUT2D eigenvalue weighted by atomic mass is 16.5. The lowest BCUT2D eigenvalue weighted by Gasteiger charge is -2.32. The van der Waals surface area contributed by atoms with Gasteiger partial charge in [0.05, 0.1) is 13.2 Å². The normalized spacial score (nSPS) is 19.0. The van der Waals surface area contributed by atoms with E-state index < -0.39 is 0 Å². The summed E-state index contributed by atoms with van der Waals surface area (Å²) in [4.78, 5) is 0. The van der Waals surface area contributed by atoms with Crippen LogP contribution in [0.25, 0.3) is 0 Å². The van der Waals surface area contributed by atoms with Crippen LogP contribution in [0.5, 0.6) is 11.5 Å². The van der Waals surface area contributed by atoms with E-state index in [2.05, 4.69) is 30.4 Å². The highest BCUT2D eigenvalue weighted by molar-refractivity contribution is 5.48. The third kappa shape index (κ3) is 3.40. The molecule has 0 atom stereocenters. The van der Waals surface area contributed by atoms with E-state index in [9.17, 15) is 0 Å². The first-order valence-corrected chi connectivity index (χ1v) is 8.95. The van der Waals surface area contributed by atoms with Crippen LogP contribution in [0.2, 0.25) is 0 Å². The Morgan fingerprint density at radius 2 is 1.95 bits per heavy atom. The fourth-order valence-electron chi connectivity index (χ4n) is 3.66. The Bertz CT molecular complexity index is 480. The van der Waals surface area contributed by atoms with Crippen LogP contribution in [0.4, 0.5) is 0 Å². The fourth-order valence-corrected chi connectivity index (χ4v) is 3.66. The van der Waals surface area contributed by atoms with E-state index in [1.807, 2.05) is 0 Å². The largest absolute Gasteiger partial charge is 0.493 e. The smallest absolute Gasteiger partial charge is 0.126 e. The van der Waals surface area contributed by atoms with Crippen LogP contribution in [0, 0.1) is 0 Å². The van der Waals surface area contributed by atoms with Gasteiger partial charge in [-0.05, 0) is 38.4 Å². The molecule has 1 N–H and O–H groups in total. The molecule has 1 fully saturated rings. The van der Waals surface area contributed by atoms with Gasteiger partial charge in [-0.1, -0.05) is 38.7 Å². The molecule has 0 aromatic heterocycles. The van der Waals surface area contributed by atoms with Gasteiger partial charge in [0, 0.05) is 17.0 Å². The molecule has 1 aromatic rings. The van der Waals surface area contributed by atoms with Gasteiger partial charge in [-0.3, -0.25) is 0 Å². The molecule has 122 valence electrons. The summed E-state index contributed by atoms with van der Waals surface area (Å²) < 4.78 is 11.9. The number of ether oxygens (including phenoxy) is 2. The minimum absolute atomic E-state index is 0.249. The standard InChI is InChI=1S/C19H29NO2/c1-2-3-4-5-6-13-21-16-7-8-17-18(14-16)22-15-19(17)9-11-20-12-10-19/h7-8,14,20H,2-6,9-13,15H2,1H3. The van der Waals surface area contributed by atoms with Gasteiger partial charge in [0.1, 0.15) is 11.5 Å². The predicted molar refractivity (Wildman–Crippen MR) is 90.0 cm³/mol. The molecule has 0 aliphatic carbocycles. The van der Waals surface area contributed by atoms with Crippen molar-refractivity contribution in [1.82, 2.24) is 5.32 Å². The number of hydrogen-bond acceptors (Lipinski definition) is 3. The second-order valence-corrected chi connectivity index (χ2v) is 6.74. The summed E-state index contributed by atoms with van der Waals surface area (Å²) in [5, 5.41) is 3.45. The molecule has 0 saturated carbocycles. The van der Waals surface area contributed by atoms with Crippen molar-refractivity contribution in [2.75, 3.05) is 26.3 Å². The van der Waals surface area contributed by atoms with Gasteiger partial charge < -0.3 is 14.8 Å². The fraction of sp³-hybridized carbons (Fsp3) is 0.684. The van der Waals surface area contributed by atoms with E-state index in [1.54, 1.807) is 0 Å². The maximum absolute atomic E-state index is 5.98. The molecule has 2 aliphatic rings. The molecule has 1 aromatic carbocycles. The zero-order valence-electron chi connectivity index (χ0n) is 13.8. The molecule has 0 amide bonds. The second-order valence-electron chi connectivity index (χ2n) is 6.74. The molecule has 2 aliphatic heterocycles. The molecule has 0 radical (unpaired) electrons. The van der Waals surface area contributed by atoms with Crippen LogP contribution in [0.1, 0.15) is 57.4 Å². The lowest BCUT2D eigenvalue weighted by atomic mass is 9.75. The summed E-state index contributed by atoms with van der Waals surface area (Å²) >= 11 is 0.